The number of fused-ring (bicyclic) bond motifs is 1. The number of nitrogens with zero attached hydrogens (tertiary/aromatic N) is 5. The van der Waals surface area contributed by atoms with Crippen LogP contribution in [0.15, 0.2) is 53.2 Å². The van der Waals surface area contributed by atoms with Gasteiger partial charge < -0.3 is 19.7 Å². The van der Waals surface area contributed by atoms with Crippen molar-refractivity contribution in [2.45, 2.75) is 12.6 Å². The summed E-state index contributed by atoms with van der Waals surface area (Å²) in [5.41, 5.74) is 1.42. The van der Waals surface area contributed by atoms with E-state index in [2.05, 4.69) is 20.4 Å². The summed E-state index contributed by atoms with van der Waals surface area (Å²) < 4.78 is 7.58. The number of aliphatic hydroxyl groups is 1. The van der Waals surface area contributed by atoms with Crippen molar-refractivity contribution in [2.75, 3.05) is 11.9 Å². The number of anilines is 2. The van der Waals surface area contributed by atoms with Gasteiger partial charge in [0.15, 0.2) is 5.76 Å². The van der Waals surface area contributed by atoms with Crippen LogP contribution in [-0.2, 0) is 13.5 Å². The minimum atomic E-state index is -1.12. The van der Waals surface area contributed by atoms with Gasteiger partial charge in [0.25, 0.3) is 5.91 Å². The Balaban J connectivity index is 1.38. The Kier molecular flexibility index (Phi) is 5.99. The van der Waals surface area contributed by atoms with Crippen LogP contribution in [0.25, 0.3) is 11.5 Å². The number of carbonyl (C=O) groups excluding carboxylic acids is 1. The summed E-state index contributed by atoms with van der Waals surface area (Å²) in [5.74, 6) is 1.51. The molecule has 4 aromatic rings. The molecule has 9 nitrogen and oxygen atoms in total. The summed E-state index contributed by atoms with van der Waals surface area (Å²) in [4.78, 5) is 23.2. The highest BCUT2D eigenvalue weighted by molar-refractivity contribution is 6.32. The zero-order valence-electron chi connectivity index (χ0n) is 17.9. The fourth-order valence-electron chi connectivity index (χ4n) is 3.73. The van der Waals surface area contributed by atoms with Gasteiger partial charge in [0.2, 0.25) is 5.95 Å². The van der Waals surface area contributed by atoms with Gasteiger partial charge >= 0.3 is 0 Å². The molecule has 0 saturated heterocycles. The Morgan fingerprint density at radius 1 is 1.26 bits per heavy atom. The van der Waals surface area contributed by atoms with E-state index in [0.717, 1.165) is 0 Å². The lowest BCUT2D eigenvalue weighted by Crippen LogP contribution is -2.44. The summed E-state index contributed by atoms with van der Waals surface area (Å²) >= 11 is 12.4. The van der Waals surface area contributed by atoms with Crippen molar-refractivity contribution < 1.29 is 14.3 Å². The first-order valence-corrected chi connectivity index (χ1v) is 11.1. The van der Waals surface area contributed by atoms with E-state index in [1.807, 2.05) is 0 Å². The van der Waals surface area contributed by atoms with Crippen LogP contribution in [0.2, 0.25) is 10.0 Å². The van der Waals surface area contributed by atoms with Crippen molar-refractivity contribution in [2.24, 2.45) is 7.05 Å². The molecule has 3 aromatic heterocycles. The predicted octanol–water partition coefficient (Wildman–Crippen LogP) is 4.09. The molecule has 173 valence electrons. The Morgan fingerprint density at radius 3 is 2.88 bits per heavy atom. The molecule has 0 saturated carbocycles. The average molecular weight is 498 g/mol. The van der Waals surface area contributed by atoms with Crippen molar-refractivity contribution >= 4 is 40.9 Å². The van der Waals surface area contributed by atoms with E-state index in [1.54, 1.807) is 60.7 Å². The molecule has 1 amide bonds. The van der Waals surface area contributed by atoms with Crippen LogP contribution >= 0.6 is 23.2 Å². The summed E-state index contributed by atoms with van der Waals surface area (Å²) in [6.45, 7) is 0.293. The molecule has 0 unspecified atom stereocenters. The third-order valence-electron chi connectivity index (χ3n) is 5.43. The van der Waals surface area contributed by atoms with Gasteiger partial charge in [-0.2, -0.15) is 5.10 Å². The SMILES string of the molecule is Cn1nccc1Nc1ncc(Cl)c(-c2cc3c(o2)CCN([C@@H](O)[CH]c2cccc(Cl)c2)C3=O)n1. The van der Waals surface area contributed by atoms with E-state index in [1.165, 1.54) is 11.1 Å². The number of hydrogen-bond acceptors (Lipinski definition) is 7. The van der Waals surface area contributed by atoms with E-state index in [9.17, 15) is 9.90 Å². The van der Waals surface area contributed by atoms with Crippen LogP contribution < -0.4 is 5.32 Å². The second-order valence-corrected chi connectivity index (χ2v) is 8.53. The molecule has 1 radical (unpaired) electrons. The number of amides is 1. The molecule has 1 aliphatic heterocycles. The molecular formula is C23H19Cl2N6O3. The highest BCUT2D eigenvalue weighted by Crippen LogP contribution is 2.33. The normalized spacial score (nSPS) is 14.2. The van der Waals surface area contributed by atoms with E-state index < -0.39 is 6.23 Å². The zero-order valence-corrected chi connectivity index (χ0v) is 19.5. The van der Waals surface area contributed by atoms with E-state index in [0.29, 0.717) is 58.1 Å². The minimum absolute atomic E-state index is 0.278. The molecule has 2 N–H and O–H groups in total. The maximum absolute atomic E-state index is 13.1. The Morgan fingerprint density at radius 2 is 2.12 bits per heavy atom. The molecule has 1 aromatic carbocycles. The van der Waals surface area contributed by atoms with Gasteiger partial charge in [0.05, 0.1) is 23.0 Å². The average Bonchev–Trinajstić information content (AvgIpc) is 3.42. The molecule has 34 heavy (non-hydrogen) atoms. The number of aliphatic hydroxyl groups excluding tert-OH is 1. The summed E-state index contributed by atoms with van der Waals surface area (Å²) in [6.07, 6.45) is 4.00. The number of rotatable bonds is 6. The van der Waals surface area contributed by atoms with E-state index in [4.69, 9.17) is 27.6 Å². The number of nitrogens with one attached hydrogen (secondary N) is 1. The summed E-state index contributed by atoms with van der Waals surface area (Å²) in [5, 5.41) is 18.7. The van der Waals surface area contributed by atoms with Crippen LogP contribution in [0.3, 0.4) is 0 Å². The Labute approximate surface area is 204 Å². The van der Waals surface area contributed by atoms with Gasteiger partial charge in [0.1, 0.15) is 23.5 Å². The molecule has 1 aliphatic rings. The molecule has 0 aliphatic carbocycles. The number of aryl methyl sites for hydroxylation is 1. The standard InChI is InChI=1S/C23H19Cl2N6O3/c1-30-19(5-7-27-30)28-23-26-12-16(25)21(29-23)18-11-15-17(34-18)6-8-31(22(15)33)20(32)10-13-3-2-4-14(24)9-13/h2-5,7,9-12,20,32H,6,8H2,1H3,(H,26,28,29)/t20-/m0/s1. The topological polar surface area (TPSA) is 109 Å². The molecule has 0 spiro atoms. The van der Waals surface area contributed by atoms with Gasteiger partial charge in [-0.25, -0.2) is 9.97 Å². The number of halogens is 2. The Hall–Kier alpha value is -3.40. The molecular weight excluding hydrogens is 479 g/mol. The van der Waals surface area contributed by atoms with Crippen molar-refractivity contribution in [3.05, 3.63) is 82.1 Å². The van der Waals surface area contributed by atoms with Crippen LogP contribution in [0, 0.1) is 6.42 Å². The maximum Gasteiger partial charge on any atom is 0.259 e. The highest BCUT2D eigenvalue weighted by Gasteiger charge is 2.33. The smallest absolute Gasteiger partial charge is 0.259 e. The highest BCUT2D eigenvalue weighted by atomic mass is 35.5. The molecule has 0 fully saturated rings. The van der Waals surface area contributed by atoms with E-state index >= 15 is 0 Å². The van der Waals surface area contributed by atoms with Crippen molar-refractivity contribution in [1.29, 1.82) is 0 Å². The van der Waals surface area contributed by atoms with Crippen LogP contribution in [0.5, 0.6) is 0 Å². The van der Waals surface area contributed by atoms with Crippen molar-refractivity contribution in [3.63, 3.8) is 0 Å². The van der Waals surface area contributed by atoms with Crippen molar-refractivity contribution in [1.82, 2.24) is 24.6 Å². The number of carbonyl (C=O) groups is 1. The maximum atomic E-state index is 13.1. The second kappa shape index (κ2) is 9.09. The fourth-order valence-corrected chi connectivity index (χ4v) is 4.11. The summed E-state index contributed by atoms with van der Waals surface area (Å²) in [6, 6.07) is 10.4. The summed E-state index contributed by atoms with van der Waals surface area (Å²) in [7, 11) is 1.79. The predicted molar refractivity (Wildman–Crippen MR) is 127 cm³/mol. The van der Waals surface area contributed by atoms with Gasteiger partial charge in [0, 0.05) is 37.5 Å². The lowest BCUT2D eigenvalue weighted by Gasteiger charge is -2.30. The van der Waals surface area contributed by atoms with Gasteiger partial charge in [-0.15, -0.1) is 0 Å². The molecule has 0 bridgehead atoms. The molecule has 4 heterocycles. The lowest BCUT2D eigenvalue weighted by atomic mass is 10.0. The van der Waals surface area contributed by atoms with E-state index in [-0.39, 0.29) is 10.9 Å². The van der Waals surface area contributed by atoms with Gasteiger partial charge in [-0.05, 0) is 23.8 Å². The number of aromatic nitrogens is 4. The first-order valence-electron chi connectivity index (χ1n) is 10.4. The van der Waals surface area contributed by atoms with Gasteiger partial charge in [-0.3, -0.25) is 9.48 Å². The van der Waals surface area contributed by atoms with Crippen LogP contribution in [0.4, 0.5) is 11.8 Å². The Bertz CT molecular complexity index is 1370. The quantitative estimate of drug-likeness (QED) is 0.412. The first kappa shape index (κ1) is 22.4. The number of furan rings is 1. The fraction of sp³-hybridized carbons (Fsp3) is 0.174. The minimum Gasteiger partial charge on any atom is -0.458 e. The largest absolute Gasteiger partial charge is 0.458 e. The zero-order chi connectivity index (χ0) is 23.8. The molecule has 1 atom stereocenters. The number of hydrogen-bond donors (Lipinski definition) is 2. The third kappa shape index (κ3) is 4.37. The molecule has 5 rings (SSSR count). The van der Waals surface area contributed by atoms with Gasteiger partial charge in [-0.1, -0.05) is 35.3 Å². The monoisotopic (exact) mass is 497 g/mol. The first-order chi connectivity index (χ1) is 16.4. The third-order valence-corrected chi connectivity index (χ3v) is 5.94. The number of benzene rings is 1. The van der Waals surface area contributed by atoms with Crippen molar-refractivity contribution in [3.8, 4) is 11.5 Å². The second-order valence-electron chi connectivity index (χ2n) is 7.69. The lowest BCUT2D eigenvalue weighted by molar-refractivity contribution is 0.0220. The van der Waals surface area contributed by atoms with Crippen LogP contribution in [-0.4, -0.2) is 48.4 Å². The molecule has 11 heteroatoms. The van der Waals surface area contributed by atoms with Crippen LogP contribution in [0.1, 0.15) is 21.7 Å².